The Hall–Kier alpha value is -10.1. The smallest absolute Gasteiger partial charge is 0.0978 e. The second kappa shape index (κ2) is 15.2. The number of para-hydroxylation sites is 3. The van der Waals surface area contributed by atoms with E-state index in [2.05, 4.69) is 250 Å². The van der Waals surface area contributed by atoms with Crippen LogP contribution in [0.5, 0.6) is 0 Å². The van der Waals surface area contributed by atoms with Crippen LogP contribution in [-0.2, 0) is 0 Å². The van der Waals surface area contributed by atoms with Crippen molar-refractivity contribution in [3.63, 3.8) is 0 Å². The molecule has 17 aromatic rings. The van der Waals surface area contributed by atoms with Crippen LogP contribution in [0.2, 0.25) is 0 Å². The van der Waals surface area contributed by atoms with E-state index >= 15 is 0 Å². The predicted octanol–water partition coefficient (Wildman–Crippen LogP) is 18.4. The molecule has 0 atom stereocenters. The lowest BCUT2D eigenvalue weighted by Gasteiger charge is -2.13. The van der Waals surface area contributed by atoms with E-state index < -0.39 is 0 Å². The van der Waals surface area contributed by atoms with E-state index in [0.29, 0.717) is 0 Å². The summed E-state index contributed by atoms with van der Waals surface area (Å²) in [6, 6.07) is 89.2. The third-order valence-electron chi connectivity index (χ3n) is 16.2. The molecule has 5 heterocycles. The number of hydrogen-bond donors (Lipinski definition) is 0. The molecule has 0 aliphatic heterocycles. The van der Waals surface area contributed by atoms with Crippen molar-refractivity contribution in [2.75, 3.05) is 0 Å². The molecule has 0 aliphatic rings. The standard InChI is InChI=1S/C70H41N5/c1-2-15-43(16-3-1)73-63-26-12-10-23-52(63)59-38-44(29-34-65(59)73)74-64-27-13-11-24-53(64)60-39-45(30-35-66(60)74)75-67-37-42(62-33-32-56-49-20-7-6-19-48(49)55-25-14-36-71-69(55)70(56)72-62)28-31-54(67)61-40-57-50-21-8-4-17-46(50)47-18-5-9-22-51(47)58(57)41-68(61)75/h1-41H. The third-order valence-corrected chi connectivity index (χ3v) is 16.2. The molecule has 12 aromatic carbocycles. The van der Waals surface area contributed by atoms with Gasteiger partial charge >= 0.3 is 0 Å². The Morgan fingerprint density at radius 2 is 0.653 bits per heavy atom. The second-order valence-corrected chi connectivity index (χ2v) is 20.1. The van der Waals surface area contributed by atoms with Gasteiger partial charge < -0.3 is 13.7 Å². The van der Waals surface area contributed by atoms with Gasteiger partial charge in [-0.25, -0.2) is 4.98 Å². The van der Waals surface area contributed by atoms with Crippen molar-refractivity contribution >= 4 is 130 Å². The molecule has 0 saturated heterocycles. The van der Waals surface area contributed by atoms with Gasteiger partial charge in [0.15, 0.2) is 0 Å². The Morgan fingerprint density at radius 3 is 1.28 bits per heavy atom. The summed E-state index contributed by atoms with van der Waals surface area (Å²) in [6.07, 6.45) is 1.88. The van der Waals surface area contributed by atoms with E-state index in [1.807, 2.05) is 12.3 Å². The normalized spacial score (nSPS) is 12.3. The van der Waals surface area contributed by atoms with E-state index in [1.54, 1.807) is 0 Å². The van der Waals surface area contributed by atoms with Crippen LogP contribution < -0.4 is 0 Å². The van der Waals surface area contributed by atoms with Gasteiger partial charge in [0.25, 0.3) is 0 Å². The molecule has 5 heteroatoms. The first-order valence-electron chi connectivity index (χ1n) is 25.7. The molecule has 0 amide bonds. The number of aromatic nitrogens is 5. The van der Waals surface area contributed by atoms with E-state index in [0.717, 1.165) is 66.7 Å². The summed E-state index contributed by atoms with van der Waals surface area (Å²) in [7, 11) is 0. The van der Waals surface area contributed by atoms with Crippen LogP contribution in [0.3, 0.4) is 0 Å². The van der Waals surface area contributed by atoms with E-state index in [-0.39, 0.29) is 0 Å². The SMILES string of the molecule is c1ccc(-n2c3ccccc3c3cc(-n4c5ccccc5c5cc(-n6c7cc(-c8ccc9c%10ccccc%10c%10cccnc%10c9n8)ccc7c7cc8c9ccccc9c9ccccc9c8cc76)ccc54)ccc32)cc1. The maximum atomic E-state index is 5.48. The lowest BCUT2D eigenvalue weighted by atomic mass is 9.93. The Morgan fingerprint density at radius 1 is 0.227 bits per heavy atom. The van der Waals surface area contributed by atoms with Gasteiger partial charge in [0, 0.05) is 71.9 Å². The topological polar surface area (TPSA) is 40.6 Å². The van der Waals surface area contributed by atoms with E-state index in [1.165, 1.54) is 92.0 Å². The zero-order chi connectivity index (χ0) is 48.9. The van der Waals surface area contributed by atoms with Crippen LogP contribution in [0.4, 0.5) is 0 Å². The van der Waals surface area contributed by atoms with Gasteiger partial charge in [-0.15, -0.1) is 0 Å². The molecule has 0 spiro atoms. The fraction of sp³-hybridized carbons (Fsp3) is 0. The number of fused-ring (bicyclic) bond motifs is 21. The molecule has 17 rings (SSSR count). The minimum Gasteiger partial charge on any atom is -0.309 e. The summed E-state index contributed by atoms with van der Waals surface area (Å²) >= 11 is 0. The second-order valence-electron chi connectivity index (χ2n) is 20.1. The van der Waals surface area contributed by atoms with Crippen molar-refractivity contribution in [3.05, 3.63) is 249 Å². The van der Waals surface area contributed by atoms with Gasteiger partial charge in [-0.2, -0.15) is 0 Å². The molecule has 0 fully saturated rings. The molecule has 0 unspecified atom stereocenters. The van der Waals surface area contributed by atoms with E-state index in [4.69, 9.17) is 9.97 Å². The third kappa shape index (κ3) is 5.66. The summed E-state index contributed by atoms with van der Waals surface area (Å²) in [5.41, 5.74) is 14.2. The van der Waals surface area contributed by atoms with Crippen LogP contribution in [0, 0.1) is 0 Å². The van der Waals surface area contributed by atoms with Gasteiger partial charge in [-0.05, 0) is 140 Å². The molecule has 0 bridgehead atoms. The fourth-order valence-electron chi connectivity index (χ4n) is 13.0. The van der Waals surface area contributed by atoms with Gasteiger partial charge in [0.1, 0.15) is 0 Å². The molecular weight excluding hydrogens is 911 g/mol. The Balaban J connectivity index is 0.926. The summed E-state index contributed by atoms with van der Waals surface area (Å²) in [5.74, 6) is 0. The molecule has 5 nitrogen and oxygen atoms in total. The Labute approximate surface area is 429 Å². The Bertz CT molecular complexity index is 5270. The van der Waals surface area contributed by atoms with Gasteiger partial charge in [0.2, 0.25) is 0 Å². The van der Waals surface area contributed by atoms with Crippen LogP contribution in [-0.4, -0.2) is 23.7 Å². The van der Waals surface area contributed by atoms with Crippen molar-refractivity contribution in [2.45, 2.75) is 0 Å². The largest absolute Gasteiger partial charge is 0.309 e. The average molecular weight is 952 g/mol. The van der Waals surface area contributed by atoms with Gasteiger partial charge in [-0.1, -0.05) is 146 Å². The summed E-state index contributed by atoms with van der Waals surface area (Å²) in [5, 5.41) is 19.4. The van der Waals surface area contributed by atoms with Crippen molar-refractivity contribution in [1.29, 1.82) is 0 Å². The number of hydrogen-bond acceptors (Lipinski definition) is 2. The van der Waals surface area contributed by atoms with Crippen molar-refractivity contribution in [1.82, 2.24) is 23.7 Å². The predicted molar refractivity (Wildman–Crippen MR) is 316 cm³/mol. The van der Waals surface area contributed by atoms with Crippen molar-refractivity contribution < 1.29 is 0 Å². The highest BCUT2D eigenvalue weighted by Gasteiger charge is 2.22. The average Bonchev–Trinajstić information content (AvgIpc) is 4.16. The molecular formula is C70H41N5. The zero-order valence-electron chi connectivity index (χ0n) is 40.4. The van der Waals surface area contributed by atoms with Crippen LogP contribution in [0.15, 0.2) is 249 Å². The summed E-state index contributed by atoms with van der Waals surface area (Å²) in [4.78, 5) is 10.4. The minimum absolute atomic E-state index is 0.910. The van der Waals surface area contributed by atoms with Crippen LogP contribution >= 0.6 is 0 Å². The quantitative estimate of drug-likeness (QED) is 0.165. The van der Waals surface area contributed by atoms with Gasteiger partial charge in [0.05, 0.1) is 49.8 Å². The number of nitrogens with zero attached hydrogens (tertiary/aromatic N) is 5. The Kier molecular flexibility index (Phi) is 8.21. The minimum atomic E-state index is 0.910. The van der Waals surface area contributed by atoms with E-state index in [9.17, 15) is 0 Å². The molecule has 346 valence electrons. The molecule has 0 saturated carbocycles. The molecule has 0 aliphatic carbocycles. The maximum absolute atomic E-state index is 5.48. The number of pyridine rings is 2. The monoisotopic (exact) mass is 951 g/mol. The molecule has 5 aromatic heterocycles. The van der Waals surface area contributed by atoms with Crippen LogP contribution in [0.25, 0.3) is 159 Å². The highest BCUT2D eigenvalue weighted by Crippen LogP contribution is 2.44. The molecule has 75 heavy (non-hydrogen) atoms. The molecule has 0 N–H and O–H groups in total. The highest BCUT2D eigenvalue weighted by molar-refractivity contribution is 6.29. The lowest BCUT2D eigenvalue weighted by molar-refractivity contribution is 1.16. The van der Waals surface area contributed by atoms with Gasteiger partial charge in [-0.3, -0.25) is 4.98 Å². The summed E-state index contributed by atoms with van der Waals surface area (Å²) in [6.45, 7) is 0. The first-order chi connectivity index (χ1) is 37.2. The zero-order valence-corrected chi connectivity index (χ0v) is 40.4. The van der Waals surface area contributed by atoms with Crippen molar-refractivity contribution in [2.24, 2.45) is 0 Å². The summed E-state index contributed by atoms with van der Waals surface area (Å²) < 4.78 is 7.33. The maximum Gasteiger partial charge on any atom is 0.0978 e. The van der Waals surface area contributed by atoms with Crippen molar-refractivity contribution in [3.8, 4) is 28.3 Å². The lowest BCUT2D eigenvalue weighted by Crippen LogP contribution is -1.97. The first-order valence-corrected chi connectivity index (χ1v) is 25.7. The highest BCUT2D eigenvalue weighted by atomic mass is 15.0. The van der Waals surface area contributed by atoms with Crippen LogP contribution in [0.1, 0.15) is 0 Å². The number of rotatable bonds is 4. The number of benzene rings is 12. The molecule has 0 radical (unpaired) electrons. The first kappa shape index (κ1) is 40.5. The fourth-order valence-corrected chi connectivity index (χ4v) is 13.0.